The topological polar surface area (TPSA) is 46.1 Å². The van der Waals surface area contributed by atoms with Gasteiger partial charge in [0.2, 0.25) is 0 Å². The second kappa shape index (κ2) is 6.69. The molecule has 0 N–H and O–H groups in total. The lowest BCUT2D eigenvalue weighted by Crippen LogP contribution is -2.33. The van der Waals surface area contributed by atoms with E-state index < -0.39 is 0 Å². The zero-order valence-electron chi connectivity index (χ0n) is 14.2. The van der Waals surface area contributed by atoms with E-state index in [1.165, 1.54) is 16.9 Å². The molecule has 3 heterocycles. The molecular weight excluding hydrogens is 350 g/mol. The number of aryl methyl sites for hydroxylation is 2. The van der Waals surface area contributed by atoms with Crippen molar-refractivity contribution in [3.8, 4) is 9.88 Å². The van der Waals surface area contributed by atoms with E-state index in [2.05, 4.69) is 16.0 Å². The molecule has 3 aromatic heterocycles. The van der Waals surface area contributed by atoms with Crippen LogP contribution in [0, 0.1) is 6.92 Å². The third-order valence-electron chi connectivity index (χ3n) is 4.68. The number of rotatable bonds is 3. The number of thiazole rings is 1. The first-order valence-electron chi connectivity index (χ1n) is 8.37. The van der Waals surface area contributed by atoms with Gasteiger partial charge in [-0.05, 0) is 49.3 Å². The third kappa shape index (κ3) is 3.00. The van der Waals surface area contributed by atoms with Gasteiger partial charge in [-0.2, -0.15) is 0 Å². The maximum absolute atomic E-state index is 13.1. The predicted octanol–water partition coefficient (Wildman–Crippen LogP) is 4.72. The number of hydrogen-bond acceptors (Lipinski definition) is 5. The smallest absolute Gasteiger partial charge is 0.266 e. The van der Waals surface area contributed by atoms with Crippen LogP contribution in [0.4, 0.5) is 0 Å². The first-order valence-corrected chi connectivity index (χ1v) is 10.1. The molecule has 1 aliphatic rings. The van der Waals surface area contributed by atoms with Crippen LogP contribution in [0.2, 0.25) is 0 Å². The Morgan fingerprint density at radius 2 is 2.20 bits per heavy atom. The van der Waals surface area contributed by atoms with E-state index in [4.69, 9.17) is 0 Å². The first-order chi connectivity index (χ1) is 12.1. The van der Waals surface area contributed by atoms with E-state index in [1.54, 1.807) is 11.3 Å². The summed E-state index contributed by atoms with van der Waals surface area (Å²) in [6.45, 7) is 1.92. The number of hydrogen-bond donors (Lipinski definition) is 0. The quantitative estimate of drug-likeness (QED) is 0.671. The summed E-state index contributed by atoms with van der Waals surface area (Å²) in [7, 11) is 1.89. The molecular formula is C19H19N3OS2. The molecule has 1 amide bonds. The van der Waals surface area contributed by atoms with Crippen molar-refractivity contribution in [1.29, 1.82) is 0 Å². The molecule has 0 saturated heterocycles. The van der Waals surface area contributed by atoms with Gasteiger partial charge in [0, 0.05) is 13.2 Å². The van der Waals surface area contributed by atoms with Crippen molar-refractivity contribution < 1.29 is 4.79 Å². The second-order valence-corrected chi connectivity index (χ2v) is 8.23. The molecule has 25 heavy (non-hydrogen) atoms. The highest BCUT2D eigenvalue weighted by Gasteiger charge is 2.30. The van der Waals surface area contributed by atoms with Gasteiger partial charge in [-0.25, -0.2) is 4.98 Å². The van der Waals surface area contributed by atoms with Crippen LogP contribution in [-0.2, 0) is 6.42 Å². The number of carbonyl (C=O) groups excluding carboxylic acids is 1. The number of nitrogens with zero attached hydrogens (tertiary/aromatic N) is 3. The van der Waals surface area contributed by atoms with Crippen LogP contribution in [0.25, 0.3) is 9.88 Å². The van der Waals surface area contributed by atoms with Crippen LogP contribution in [0.3, 0.4) is 0 Å². The lowest BCUT2D eigenvalue weighted by molar-refractivity contribution is 0.0715. The van der Waals surface area contributed by atoms with E-state index in [0.717, 1.165) is 45.4 Å². The molecule has 0 saturated carbocycles. The Hall–Kier alpha value is -2.05. The summed E-state index contributed by atoms with van der Waals surface area (Å²) in [4.78, 5) is 26.0. The van der Waals surface area contributed by atoms with E-state index >= 15 is 0 Å². The molecule has 0 aliphatic heterocycles. The van der Waals surface area contributed by atoms with Gasteiger partial charge in [-0.3, -0.25) is 9.78 Å². The highest BCUT2D eigenvalue weighted by Crippen LogP contribution is 2.35. The molecule has 1 unspecified atom stereocenters. The van der Waals surface area contributed by atoms with Crippen LogP contribution in [0.1, 0.15) is 45.5 Å². The van der Waals surface area contributed by atoms with Crippen LogP contribution < -0.4 is 0 Å². The molecule has 4 rings (SSSR count). The van der Waals surface area contributed by atoms with Gasteiger partial charge in [0.05, 0.1) is 22.3 Å². The first kappa shape index (κ1) is 16.4. The number of thiophene rings is 1. The Morgan fingerprint density at radius 3 is 3.00 bits per heavy atom. The summed E-state index contributed by atoms with van der Waals surface area (Å²) in [5.74, 6) is 0.0429. The summed E-state index contributed by atoms with van der Waals surface area (Å²) < 4.78 is 0. The molecule has 1 atom stereocenters. The van der Waals surface area contributed by atoms with Crippen LogP contribution in [0.15, 0.2) is 35.8 Å². The van der Waals surface area contributed by atoms with Gasteiger partial charge in [0.1, 0.15) is 9.88 Å². The van der Waals surface area contributed by atoms with Crippen molar-refractivity contribution in [3.63, 3.8) is 0 Å². The lowest BCUT2D eigenvalue weighted by Gasteiger charge is -2.32. The van der Waals surface area contributed by atoms with Gasteiger partial charge in [0.25, 0.3) is 5.91 Å². The van der Waals surface area contributed by atoms with E-state index in [-0.39, 0.29) is 11.9 Å². The van der Waals surface area contributed by atoms with Crippen LogP contribution >= 0.6 is 22.7 Å². The highest BCUT2D eigenvalue weighted by molar-refractivity contribution is 7.22. The minimum Gasteiger partial charge on any atom is -0.332 e. The van der Waals surface area contributed by atoms with Crippen molar-refractivity contribution in [1.82, 2.24) is 14.9 Å². The molecule has 0 spiro atoms. The molecule has 0 aromatic carbocycles. The normalized spacial score (nSPS) is 16.5. The molecule has 6 heteroatoms. The summed E-state index contributed by atoms with van der Waals surface area (Å²) in [6.07, 6.45) is 4.91. The monoisotopic (exact) mass is 369 g/mol. The summed E-state index contributed by atoms with van der Waals surface area (Å²) in [6, 6.07) is 8.20. The minimum absolute atomic E-state index is 0.0429. The average Bonchev–Trinajstić information content (AvgIpc) is 3.29. The fourth-order valence-electron chi connectivity index (χ4n) is 3.36. The number of carbonyl (C=O) groups is 1. The zero-order valence-corrected chi connectivity index (χ0v) is 15.9. The number of aromatic nitrogens is 2. The SMILES string of the molecule is Cc1nc(-c2cccs2)sc1C(=O)N(C)C1CCCc2cccnc21. The van der Waals surface area contributed by atoms with Crippen molar-refractivity contribution in [2.75, 3.05) is 7.05 Å². The Bertz CT molecular complexity index is 901. The molecule has 0 bridgehead atoms. The summed E-state index contributed by atoms with van der Waals surface area (Å²) >= 11 is 3.14. The Kier molecular flexibility index (Phi) is 4.39. The van der Waals surface area contributed by atoms with E-state index in [0.29, 0.717) is 0 Å². The van der Waals surface area contributed by atoms with Gasteiger partial charge in [-0.1, -0.05) is 12.1 Å². The molecule has 0 radical (unpaired) electrons. The number of pyridine rings is 1. The Balaban J connectivity index is 1.64. The molecule has 0 fully saturated rings. The lowest BCUT2D eigenvalue weighted by atomic mass is 9.91. The maximum atomic E-state index is 13.1. The summed E-state index contributed by atoms with van der Waals surface area (Å²) in [5.41, 5.74) is 3.12. The van der Waals surface area contributed by atoms with Gasteiger partial charge in [-0.15, -0.1) is 22.7 Å². The van der Waals surface area contributed by atoms with Crippen molar-refractivity contribution >= 4 is 28.6 Å². The molecule has 3 aromatic rings. The number of amides is 1. The predicted molar refractivity (Wildman–Crippen MR) is 102 cm³/mol. The minimum atomic E-state index is 0.0429. The van der Waals surface area contributed by atoms with Gasteiger partial charge < -0.3 is 4.90 Å². The molecule has 1 aliphatic carbocycles. The third-order valence-corrected chi connectivity index (χ3v) is 6.86. The highest BCUT2D eigenvalue weighted by atomic mass is 32.1. The van der Waals surface area contributed by atoms with Crippen molar-refractivity contribution in [2.45, 2.75) is 32.2 Å². The maximum Gasteiger partial charge on any atom is 0.266 e. The largest absolute Gasteiger partial charge is 0.332 e. The van der Waals surface area contributed by atoms with Crippen LogP contribution in [-0.4, -0.2) is 27.8 Å². The Labute approximate surface area is 155 Å². The van der Waals surface area contributed by atoms with Crippen molar-refractivity contribution in [2.24, 2.45) is 0 Å². The zero-order chi connectivity index (χ0) is 17.4. The van der Waals surface area contributed by atoms with Gasteiger partial charge >= 0.3 is 0 Å². The fourth-order valence-corrected chi connectivity index (χ4v) is 5.21. The Morgan fingerprint density at radius 1 is 1.32 bits per heavy atom. The van der Waals surface area contributed by atoms with E-state index in [9.17, 15) is 4.79 Å². The standard InChI is InChI=1S/C19H19N3OS2/c1-12-17(25-18(21-12)15-9-5-11-24-15)19(23)22(2)14-8-3-6-13-7-4-10-20-16(13)14/h4-5,7,9-11,14H,3,6,8H2,1-2H3. The van der Waals surface area contributed by atoms with Crippen LogP contribution in [0.5, 0.6) is 0 Å². The molecule has 4 nitrogen and oxygen atoms in total. The second-order valence-electron chi connectivity index (χ2n) is 6.28. The fraction of sp³-hybridized carbons (Fsp3) is 0.316. The van der Waals surface area contributed by atoms with E-state index in [1.807, 2.05) is 48.6 Å². The summed E-state index contributed by atoms with van der Waals surface area (Å²) in [5, 5.41) is 2.95. The van der Waals surface area contributed by atoms with Gasteiger partial charge in [0.15, 0.2) is 0 Å². The average molecular weight is 370 g/mol. The number of fused-ring (bicyclic) bond motifs is 1. The van der Waals surface area contributed by atoms with Crippen molar-refractivity contribution in [3.05, 3.63) is 57.7 Å². The molecule has 128 valence electrons.